The van der Waals surface area contributed by atoms with Gasteiger partial charge in [0.25, 0.3) is 5.91 Å². The molecule has 1 aliphatic rings. The number of nitrogens with one attached hydrogen (secondary N) is 1. The number of nitrogens with zero attached hydrogens (tertiary/aromatic N) is 1. The Hall–Kier alpha value is -2.82. The topological polar surface area (TPSA) is 58.6 Å². The molecule has 5 nitrogen and oxygen atoms in total. The van der Waals surface area contributed by atoms with E-state index in [1.54, 1.807) is 4.90 Å². The molecule has 0 bridgehead atoms. The quantitative estimate of drug-likeness (QED) is 0.831. The number of rotatable bonds is 6. The lowest BCUT2D eigenvalue weighted by Gasteiger charge is -2.17. The third-order valence-corrected chi connectivity index (χ3v) is 4.75. The molecule has 5 heteroatoms. The second kappa shape index (κ2) is 8.25. The molecule has 0 unspecified atom stereocenters. The van der Waals surface area contributed by atoms with E-state index in [9.17, 15) is 9.59 Å². The minimum Gasteiger partial charge on any atom is -0.484 e. The molecule has 2 aromatic rings. The molecule has 0 spiro atoms. The van der Waals surface area contributed by atoms with Crippen LogP contribution >= 0.6 is 0 Å². The fourth-order valence-electron chi connectivity index (χ4n) is 3.40. The van der Waals surface area contributed by atoms with E-state index >= 15 is 0 Å². The molecule has 1 N–H and O–H groups in total. The van der Waals surface area contributed by atoms with Gasteiger partial charge in [0.15, 0.2) is 6.61 Å². The maximum Gasteiger partial charge on any atom is 0.262 e. The van der Waals surface area contributed by atoms with Crippen LogP contribution in [0.15, 0.2) is 42.5 Å². The number of ether oxygens (including phenoxy) is 1. The highest BCUT2D eigenvalue weighted by atomic mass is 16.5. The highest BCUT2D eigenvalue weighted by Gasteiger charge is 2.21. The molecule has 0 aliphatic carbocycles. The van der Waals surface area contributed by atoms with Gasteiger partial charge in [-0.05, 0) is 60.7 Å². The van der Waals surface area contributed by atoms with Gasteiger partial charge in [0.05, 0.1) is 0 Å². The highest BCUT2D eigenvalue weighted by molar-refractivity contribution is 5.97. The summed E-state index contributed by atoms with van der Waals surface area (Å²) in [6.45, 7) is 7.02. The van der Waals surface area contributed by atoms with Crippen LogP contribution in [0.3, 0.4) is 0 Å². The van der Waals surface area contributed by atoms with Gasteiger partial charge in [-0.1, -0.05) is 26.0 Å². The first kappa shape index (κ1) is 19.0. The molecule has 2 amide bonds. The molecule has 3 rings (SSSR count). The van der Waals surface area contributed by atoms with Gasteiger partial charge in [-0.25, -0.2) is 0 Å². The molecule has 1 fully saturated rings. The van der Waals surface area contributed by atoms with Crippen LogP contribution < -0.4 is 15.0 Å². The number of carbonyl (C=O) groups excluding carboxylic acids is 2. The maximum atomic E-state index is 12.2. The molecular formula is C22H26N2O3. The molecule has 1 heterocycles. The standard InChI is InChI=1S/C22H26N2O3/c1-15(2)20-10-9-19(12-16(20)3)27-14-21(25)23-17-6-4-7-18(13-17)24-11-5-8-22(24)26/h4,6-7,9-10,12-13,15H,5,8,11,14H2,1-3H3,(H,23,25). The van der Waals surface area contributed by atoms with Crippen molar-refractivity contribution in [2.24, 2.45) is 0 Å². The lowest BCUT2D eigenvalue weighted by molar-refractivity contribution is -0.118. The summed E-state index contributed by atoms with van der Waals surface area (Å²) in [5.74, 6) is 1.04. The van der Waals surface area contributed by atoms with Crippen LogP contribution in [0.25, 0.3) is 0 Å². The van der Waals surface area contributed by atoms with Gasteiger partial charge in [0, 0.05) is 24.3 Å². The van der Waals surface area contributed by atoms with Gasteiger partial charge < -0.3 is 15.0 Å². The van der Waals surface area contributed by atoms with Crippen molar-refractivity contribution < 1.29 is 14.3 Å². The summed E-state index contributed by atoms with van der Waals surface area (Å²) < 4.78 is 5.63. The Bertz CT molecular complexity index is 845. The number of anilines is 2. The fourth-order valence-corrected chi connectivity index (χ4v) is 3.40. The Labute approximate surface area is 160 Å². The van der Waals surface area contributed by atoms with Crippen LogP contribution in [0.2, 0.25) is 0 Å². The van der Waals surface area contributed by atoms with E-state index in [0.29, 0.717) is 23.8 Å². The Kier molecular flexibility index (Phi) is 5.79. The van der Waals surface area contributed by atoms with E-state index in [0.717, 1.165) is 24.2 Å². The minimum absolute atomic E-state index is 0.0622. The Morgan fingerprint density at radius 2 is 2.04 bits per heavy atom. The van der Waals surface area contributed by atoms with Crippen molar-refractivity contribution in [1.82, 2.24) is 0 Å². The second-order valence-electron chi connectivity index (χ2n) is 7.21. The summed E-state index contributed by atoms with van der Waals surface area (Å²) in [4.78, 5) is 25.9. The van der Waals surface area contributed by atoms with Crippen LogP contribution in [0, 0.1) is 6.92 Å². The van der Waals surface area contributed by atoms with E-state index in [1.807, 2.05) is 49.4 Å². The van der Waals surface area contributed by atoms with Gasteiger partial charge in [0.1, 0.15) is 5.75 Å². The maximum absolute atomic E-state index is 12.2. The number of benzene rings is 2. The largest absolute Gasteiger partial charge is 0.484 e. The highest BCUT2D eigenvalue weighted by Crippen LogP contribution is 2.25. The monoisotopic (exact) mass is 366 g/mol. The predicted molar refractivity (Wildman–Crippen MR) is 107 cm³/mol. The molecule has 0 aromatic heterocycles. The average molecular weight is 366 g/mol. The summed E-state index contributed by atoms with van der Waals surface area (Å²) in [5.41, 5.74) is 3.91. The zero-order valence-electron chi connectivity index (χ0n) is 16.1. The third kappa shape index (κ3) is 4.67. The molecule has 0 atom stereocenters. The number of hydrogen-bond acceptors (Lipinski definition) is 3. The minimum atomic E-state index is -0.231. The summed E-state index contributed by atoms with van der Waals surface area (Å²) in [6.07, 6.45) is 1.46. The first-order chi connectivity index (χ1) is 12.9. The van der Waals surface area contributed by atoms with Gasteiger partial charge in [-0.2, -0.15) is 0 Å². The van der Waals surface area contributed by atoms with Crippen LogP contribution in [0.5, 0.6) is 5.75 Å². The first-order valence-corrected chi connectivity index (χ1v) is 9.37. The van der Waals surface area contributed by atoms with Crippen LogP contribution in [-0.4, -0.2) is 25.0 Å². The predicted octanol–water partition coefficient (Wildman–Crippen LogP) is 4.26. The van der Waals surface area contributed by atoms with E-state index in [4.69, 9.17) is 4.74 Å². The number of hydrogen-bond donors (Lipinski definition) is 1. The average Bonchev–Trinajstić information content (AvgIpc) is 3.06. The lowest BCUT2D eigenvalue weighted by Crippen LogP contribution is -2.24. The van der Waals surface area contributed by atoms with Crippen molar-refractivity contribution in [3.63, 3.8) is 0 Å². The Morgan fingerprint density at radius 3 is 2.70 bits per heavy atom. The van der Waals surface area contributed by atoms with Crippen LogP contribution in [0.4, 0.5) is 11.4 Å². The van der Waals surface area contributed by atoms with Crippen molar-refractivity contribution in [3.8, 4) is 5.75 Å². The number of aryl methyl sites for hydroxylation is 1. The van der Waals surface area contributed by atoms with E-state index in [1.165, 1.54) is 5.56 Å². The second-order valence-corrected chi connectivity index (χ2v) is 7.21. The summed E-state index contributed by atoms with van der Waals surface area (Å²) >= 11 is 0. The molecular weight excluding hydrogens is 340 g/mol. The molecule has 27 heavy (non-hydrogen) atoms. The zero-order chi connectivity index (χ0) is 19.4. The molecule has 0 radical (unpaired) electrons. The smallest absolute Gasteiger partial charge is 0.262 e. The zero-order valence-corrected chi connectivity index (χ0v) is 16.1. The third-order valence-electron chi connectivity index (χ3n) is 4.75. The fraction of sp³-hybridized carbons (Fsp3) is 0.364. The molecule has 0 saturated carbocycles. The van der Waals surface area contributed by atoms with Crippen molar-refractivity contribution in [2.75, 3.05) is 23.4 Å². The van der Waals surface area contributed by atoms with Gasteiger partial charge in [0.2, 0.25) is 5.91 Å². The van der Waals surface area contributed by atoms with Gasteiger partial charge in [-0.15, -0.1) is 0 Å². The molecule has 142 valence electrons. The normalized spacial score (nSPS) is 13.9. The van der Waals surface area contributed by atoms with Gasteiger partial charge in [-0.3, -0.25) is 9.59 Å². The van der Waals surface area contributed by atoms with E-state index in [2.05, 4.69) is 19.2 Å². The van der Waals surface area contributed by atoms with Gasteiger partial charge >= 0.3 is 0 Å². The van der Waals surface area contributed by atoms with Crippen molar-refractivity contribution in [3.05, 3.63) is 53.6 Å². The summed E-state index contributed by atoms with van der Waals surface area (Å²) in [5, 5.41) is 2.83. The molecule has 1 saturated heterocycles. The molecule has 2 aromatic carbocycles. The van der Waals surface area contributed by atoms with E-state index < -0.39 is 0 Å². The summed E-state index contributed by atoms with van der Waals surface area (Å²) in [7, 11) is 0. The van der Waals surface area contributed by atoms with Crippen molar-refractivity contribution in [1.29, 1.82) is 0 Å². The first-order valence-electron chi connectivity index (χ1n) is 9.37. The Morgan fingerprint density at radius 1 is 1.22 bits per heavy atom. The summed E-state index contributed by atoms with van der Waals surface area (Å²) in [6, 6.07) is 13.3. The van der Waals surface area contributed by atoms with Crippen LogP contribution in [0.1, 0.15) is 43.7 Å². The van der Waals surface area contributed by atoms with Crippen molar-refractivity contribution in [2.45, 2.75) is 39.5 Å². The van der Waals surface area contributed by atoms with Crippen molar-refractivity contribution >= 4 is 23.2 Å². The lowest BCUT2D eigenvalue weighted by atomic mass is 9.98. The Balaban J connectivity index is 1.58. The number of carbonyl (C=O) groups is 2. The number of amides is 2. The van der Waals surface area contributed by atoms with E-state index in [-0.39, 0.29) is 18.4 Å². The van der Waals surface area contributed by atoms with Crippen LogP contribution in [-0.2, 0) is 9.59 Å². The SMILES string of the molecule is Cc1cc(OCC(=O)Nc2cccc(N3CCCC3=O)c2)ccc1C(C)C. The molecule has 1 aliphatic heterocycles.